The molecule has 4 nitrogen and oxygen atoms in total. The van der Waals surface area contributed by atoms with Crippen LogP contribution in [0.1, 0.15) is 11.1 Å². The first kappa shape index (κ1) is 11.2. The zero-order valence-corrected chi connectivity index (χ0v) is 10.8. The SMILES string of the molecule is c1cncc(-c2ncc3c(n2)-c2cnccc2CC3)c1. The van der Waals surface area contributed by atoms with Crippen molar-refractivity contribution in [3.63, 3.8) is 0 Å². The van der Waals surface area contributed by atoms with E-state index in [-0.39, 0.29) is 0 Å². The van der Waals surface area contributed by atoms with Crippen molar-refractivity contribution in [3.05, 3.63) is 60.3 Å². The van der Waals surface area contributed by atoms with Crippen LogP contribution in [0.5, 0.6) is 0 Å². The van der Waals surface area contributed by atoms with Gasteiger partial charge in [-0.2, -0.15) is 0 Å². The fourth-order valence-electron chi connectivity index (χ4n) is 2.58. The zero-order valence-electron chi connectivity index (χ0n) is 10.8. The van der Waals surface area contributed by atoms with E-state index in [1.165, 1.54) is 11.1 Å². The molecule has 0 spiro atoms. The predicted octanol–water partition coefficient (Wildman–Crippen LogP) is 2.70. The molecule has 1 aliphatic rings. The molecule has 0 atom stereocenters. The minimum Gasteiger partial charge on any atom is -0.264 e. The maximum atomic E-state index is 4.73. The quantitative estimate of drug-likeness (QED) is 0.675. The van der Waals surface area contributed by atoms with Crippen LogP contribution in [0, 0.1) is 0 Å². The first-order valence-electron chi connectivity index (χ1n) is 6.61. The minimum absolute atomic E-state index is 0.716. The van der Waals surface area contributed by atoms with Gasteiger partial charge in [0.2, 0.25) is 0 Å². The van der Waals surface area contributed by atoms with Gasteiger partial charge in [0, 0.05) is 42.1 Å². The summed E-state index contributed by atoms with van der Waals surface area (Å²) in [6.07, 6.45) is 11.2. The van der Waals surface area contributed by atoms with Gasteiger partial charge in [0.1, 0.15) is 0 Å². The number of pyridine rings is 2. The fourth-order valence-corrected chi connectivity index (χ4v) is 2.58. The first-order chi connectivity index (χ1) is 9.92. The summed E-state index contributed by atoms with van der Waals surface area (Å²) in [4.78, 5) is 17.5. The molecule has 20 heavy (non-hydrogen) atoms. The highest BCUT2D eigenvalue weighted by Crippen LogP contribution is 2.31. The van der Waals surface area contributed by atoms with E-state index in [1.54, 1.807) is 12.4 Å². The molecule has 3 heterocycles. The maximum absolute atomic E-state index is 4.73. The van der Waals surface area contributed by atoms with Crippen molar-refractivity contribution in [3.8, 4) is 22.6 Å². The van der Waals surface area contributed by atoms with Gasteiger partial charge in [-0.25, -0.2) is 9.97 Å². The Morgan fingerprint density at radius 3 is 2.65 bits per heavy atom. The third kappa shape index (κ3) is 1.77. The molecule has 4 rings (SSSR count). The molecule has 1 aliphatic carbocycles. The molecule has 0 N–H and O–H groups in total. The number of aryl methyl sites for hydroxylation is 2. The van der Waals surface area contributed by atoms with Crippen molar-refractivity contribution in [1.82, 2.24) is 19.9 Å². The number of hydrogen-bond donors (Lipinski definition) is 0. The molecule has 0 saturated heterocycles. The van der Waals surface area contributed by atoms with Gasteiger partial charge in [-0.3, -0.25) is 9.97 Å². The van der Waals surface area contributed by atoms with Crippen LogP contribution in [0.4, 0.5) is 0 Å². The lowest BCUT2D eigenvalue weighted by Crippen LogP contribution is -2.07. The van der Waals surface area contributed by atoms with Gasteiger partial charge in [0.05, 0.1) is 5.69 Å². The van der Waals surface area contributed by atoms with E-state index < -0.39 is 0 Å². The van der Waals surface area contributed by atoms with Crippen LogP contribution < -0.4 is 0 Å². The van der Waals surface area contributed by atoms with Gasteiger partial charge in [-0.05, 0) is 42.2 Å². The Kier molecular flexibility index (Phi) is 2.52. The number of rotatable bonds is 1. The Morgan fingerprint density at radius 1 is 0.850 bits per heavy atom. The summed E-state index contributed by atoms with van der Waals surface area (Å²) in [6.45, 7) is 0. The minimum atomic E-state index is 0.716. The Bertz CT molecular complexity index is 768. The lowest BCUT2D eigenvalue weighted by atomic mass is 9.91. The summed E-state index contributed by atoms with van der Waals surface area (Å²) in [5.41, 5.74) is 5.57. The lowest BCUT2D eigenvalue weighted by Gasteiger charge is -2.18. The third-order valence-electron chi connectivity index (χ3n) is 3.61. The van der Waals surface area contributed by atoms with Gasteiger partial charge in [-0.15, -0.1) is 0 Å². The molecule has 0 unspecified atom stereocenters. The summed E-state index contributed by atoms with van der Waals surface area (Å²) in [6, 6.07) is 5.94. The first-order valence-corrected chi connectivity index (χ1v) is 6.61. The summed E-state index contributed by atoms with van der Waals surface area (Å²) in [5.74, 6) is 0.716. The molecule has 0 bridgehead atoms. The maximum Gasteiger partial charge on any atom is 0.161 e. The molecular formula is C16H12N4. The van der Waals surface area contributed by atoms with E-state index in [0.29, 0.717) is 5.82 Å². The molecule has 3 aromatic heterocycles. The Labute approximate surface area is 116 Å². The van der Waals surface area contributed by atoms with E-state index in [2.05, 4.69) is 21.0 Å². The van der Waals surface area contributed by atoms with Crippen LogP contribution in [-0.2, 0) is 12.8 Å². The molecule has 0 aliphatic heterocycles. The Morgan fingerprint density at radius 2 is 1.75 bits per heavy atom. The average molecular weight is 260 g/mol. The smallest absolute Gasteiger partial charge is 0.161 e. The van der Waals surface area contributed by atoms with Crippen LogP contribution in [0.15, 0.2) is 49.2 Å². The van der Waals surface area contributed by atoms with E-state index in [4.69, 9.17) is 4.98 Å². The highest BCUT2D eigenvalue weighted by molar-refractivity contribution is 5.70. The highest BCUT2D eigenvalue weighted by Gasteiger charge is 2.18. The number of fused-ring (bicyclic) bond motifs is 3. The summed E-state index contributed by atoms with van der Waals surface area (Å²) in [7, 11) is 0. The number of hydrogen-bond acceptors (Lipinski definition) is 4. The topological polar surface area (TPSA) is 51.6 Å². The summed E-state index contributed by atoms with van der Waals surface area (Å²) in [5, 5.41) is 0. The van der Waals surface area contributed by atoms with E-state index in [9.17, 15) is 0 Å². The van der Waals surface area contributed by atoms with Crippen LogP contribution in [0.2, 0.25) is 0 Å². The second-order valence-electron chi connectivity index (χ2n) is 4.84. The monoisotopic (exact) mass is 260 g/mol. The van der Waals surface area contributed by atoms with E-state index in [0.717, 1.165) is 29.7 Å². The van der Waals surface area contributed by atoms with Gasteiger partial charge in [-0.1, -0.05) is 0 Å². The number of aromatic nitrogens is 4. The highest BCUT2D eigenvalue weighted by atomic mass is 14.9. The van der Waals surface area contributed by atoms with Gasteiger partial charge < -0.3 is 0 Å². The van der Waals surface area contributed by atoms with E-state index >= 15 is 0 Å². The lowest BCUT2D eigenvalue weighted by molar-refractivity contribution is 0.907. The summed E-state index contributed by atoms with van der Waals surface area (Å²) >= 11 is 0. The number of nitrogens with zero attached hydrogens (tertiary/aromatic N) is 4. The van der Waals surface area contributed by atoms with Gasteiger partial charge in [0.25, 0.3) is 0 Å². The van der Waals surface area contributed by atoms with Crippen molar-refractivity contribution >= 4 is 0 Å². The molecule has 0 amide bonds. The molecule has 96 valence electrons. The van der Waals surface area contributed by atoms with E-state index in [1.807, 2.05) is 30.7 Å². The normalized spacial score (nSPS) is 12.6. The van der Waals surface area contributed by atoms with Crippen molar-refractivity contribution in [2.75, 3.05) is 0 Å². The van der Waals surface area contributed by atoms with Crippen molar-refractivity contribution in [1.29, 1.82) is 0 Å². The van der Waals surface area contributed by atoms with Crippen LogP contribution in [0.3, 0.4) is 0 Å². The second-order valence-corrected chi connectivity index (χ2v) is 4.84. The average Bonchev–Trinajstić information content (AvgIpc) is 2.55. The van der Waals surface area contributed by atoms with Crippen molar-refractivity contribution in [2.24, 2.45) is 0 Å². The Balaban J connectivity index is 1.90. The predicted molar refractivity (Wildman–Crippen MR) is 75.9 cm³/mol. The van der Waals surface area contributed by atoms with Crippen LogP contribution in [-0.4, -0.2) is 19.9 Å². The molecule has 0 aromatic carbocycles. The van der Waals surface area contributed by atoms with Crippen molar-refractivity contribution in [2.45, 2.75) is 12.8 Å². The molecule has 0 fully saturated rings. The largest absolute Gasteiger partial charge is 0.264 e. The van der Waals surface area contributed by atoms with Gasteiger partial charge in [0.15, 0.2) is 5.82 Å². The molecule has 4 heteroatoms. The summed E-state index contributed by atoms with van der Waals surface area (Å²) < 4.78 is 0. The zero-order chi connectivity index (χ0) is 13.4. The Hall–Kier alpha value is -2.62. The van der Waals surface area contributed by atoms with Gasteiger partial charge >= 0.3 is 0 Å². The second kappa shape index (κ2) is 4.49. The molecule has 0 saturated carbocycles. The van der Waals surface area contributed by atoms with Crippen LogP contribution in [0.25, 0.3) is 22.6 Å². The van der Waals surface area contributed by atoms with Crippen molar-refractivity contribution < 1.29 is 0 Å². The molecular weight excluding hydrogens is 248 g/mol. The fraction of sp³-hybridized carbons (Fsp3) is 0.125. The molecule has 3 aromatic rings. The van der Waals surface area contributed by atoms with Crippen LogP contribution >= 0.6 is 0 Å². The standard InChI is InChI=1S/C16H12N4/c1-2-13(8-17-6-1)16-19-9-12-4-3-11-5-7-18-10-14(11)15(12)20-16/h1-2,5-10H,3-4H2. The molecule has 0 radical (unpaired) electrons. The third-order valence-corrected chi connectivity index (χ3v) is 3.61.